The average molecular weight is 269 g/mol. The molecular formula is C15H25ClN2. The normalized spacial score (nSPS) is 14.8. The number of nitrogens with two attached hydrogens (primary N) is 1. The molecule has 0 heterocycles. The molecule has 2 nitrogen and oxygen atoms in total. The highest BCUT2D eigenvalue weighted by molar-refractivity contribution is 6.30. The third-order valence-electron chi connectivity index (χ3n) is 3.36. The summed E-state index contributed by atoms with van der Waals surface area (Å²) in [5.74, 6) is 0. The Kier molecular flexibility index (Phi) is 6.13. The molecule has 0 aliphatic heterocycles. The maximum absolute atomic E-state index is 5.91. The van der Waals surface area contributed by atoms with Crippen molar-refractivity contribution in [2.75, 3.05) is 20.1 Å². The Morgan fingerprint density at radius 3 is 2.39 bits per heavy atom. The van der Waals surface area contributed by atoms with Crippen LogP contribution in [0.25, 0.3) is 0 Å². The molecule has 0 amide bonds. The van der Waals surface area contributed by atoms with E-state index in [0.717, 1.165) is 24.7 Å². The van der Waals surface area contributed by atoms with Gasteiger partial charge in [-0.15, -0.1) is 0 Å². The largest absolute Gasteiger partial charge is 0.330 e. The van der Waals surface area contributed by atoms with Crippen LogP contribution in [0.2, 0.25) is 5.02 Å². The molecule has 2 N–H and O–H groups in total. The second-order valence-electron chi connectivity index (χ2n) is 5.56. The third kappa shape index (κ3) is 4.97. The quantitative estimate of drug-likeness (QED) is 0.820. The summed E-state index contributed by atoms with van der Waals surface area (Å²) in [4.78, 5) is 2.34. The molecule has 102 valence electrons. The molecule has 0 aliphatic rings. The first-order valence-corrected chi connectivity index (χ1v) is 7.00. The van der Waals surface area contributed by atoms with E-state index in [9.17, 15) is 0 Å². The summed E-state index contributed by atoms with van der Waals surface area (Å²) >= 11 is 5.89. The lowest BCUT2D eigenvalue weighted by Gasteiger charge is -2.32. The minimum Gasteiger partial charge on any atom is -0.330 e. The highest BCUT2D eigenvalue weighted by atomic mass is 35.5. The van der Waals surface area contributed by atoms with Crippen molar-refractivity contribution in [1.29, 1.82) is 0 Å². The smallest absolute Gasteiger partial charge is 0.0406 e. The minimum atomic E-state index is 0.218. The van der Waals surface area contributed by atoms with Gasteiger partial charge < -0.3 is 10.6 Å². The molecule has 0 aliphatic carbocycles. The Balaban J connectivity index is 2.54. The summed E-state index contributed by atoms with van der Waals surface area (Å²) < 4.78 is 0. The van der Waals surface area contributed by atoms with Crippen LogP contribution in [0.3, 0.4) is 0 Å². The maximum atomic E-state index is 5.91. The van der Waals surface area contributed by atoms with Gasteiger partial charge in [-0.1, -0.05) is 44.0 Å². The molecule has 0 saturated heterocycles. The van der Waals surface area contributed by atoms with Crippen LogP contribution in [-0.2, 0) is 6.54 Å². The monoisotopic (exact) mass is 268 g/mol. The van der Waals surface area contributed by atoms with Gasteiger partial charge in [-0.25, -0.2) is 0 Å². The Hall–Kier alpha value is -0.570. The molecule has 1 unspecified atom stereocenters. The summed E-state index contributed by atoms with van der Waals surface area (Å²) in [6, 6.07) is 8.05. The standard InChI is InChI=1S/C15H25ClN2/c1-4-9-15(2,11-17)12-18(3)10-13-5-7-14(16)8-6-13/h5-8H,4,9-12,17H2,1-3H3. The van der Waals surface area contributed by atoms with E-state index in [1.165, 1.54) is 18.4 Å². The fourth-order valence-corrected chi connectivity index (χ4v) is 2.58. The number of rotatable bonds is 7. The summed E-state index contributed by atoms with van der Waals surface area (Å²) in [5, 5.41) is 0.791. The van der Waals surface area contributed by atoms with Crippen LogP contribution in [0, 0.1) is 5.41 Å². The van der Waals surface area contributed by atoms with Crippen molar-refractivity contribution in [2.24, 2.45) is 11.1 Å². The second kappa shape index (κ2) is 7.13. The zero-order valence-corrected chi connectivity index (χ0v) is 12.5. The summed E-state index contributed by atoms with van der Waals surface area (Å²) in [6.45, 7) is 7.20. The minimum absolute atomic E-state index is 0.218. The lowest BCUT2D eigenvalue weighted by Crippen LogP contribution is -2.38. The molecule has 0 bridgehead atoms. The molecular weight excluding hydrogens is 244 g/mol. The number of nitrogens with zero attached hydrogens (tertiary/aromatic N) is 1. The molecule has 0 radical (unpaired) electrons. The predicted octanol–water partition coefficient (Wildman–Crippen LogP) is 3.54. The van der Waals surface area contributed by atoms with Gasteiger partial charge in [0.15, 0.2) is 0 Å². The van der Waals surface area contributed by atoms with Crippen molar-refractivity contribution in [3.63, 3.8) is 0 Å². The summed E-state index contributed by atoms with van der Waals surface area (Å²) in [5.41, 5.74) is 7.42. The van der Waals surface area contributed by atoms with Gasteiger partial charge in [0, 0.05) is 18.1 Å². The van der Waals surface area contributed by atoms with Crippen molar-refractivity contribution < 1.29 is 0 Å². The van der Waals surface area contributed by atoms with Crippen molar-refractivity contribution in [2.45, 2.75) is 33.2 Å². The first kappa shape index (κ1) is 15.5. The van der Waals surface area contributed by atoms with Crippen LogP contribution in [-0.4, -0.2) is 25.0 Å². The van der Waals surface area contributed by atoms with E-state index >= 15 is 0 Å². The summed E-state index contributed by atoms with van der Waals surface area (Å²) in [7, 11) is 2.15. The molecule has 1 aromatic carbocycles. The Labute approximate surface area is 116 Å². The second-order valence-corrected chi connectivity index (χ2v) is 6.00. The predicted molar refractivity (Wildman–Crippen MR) is 79.9 cm³/mol. The molecule has 1 rings (SSSR count). The molecule has 18 heavy (non-hydrogen) atoms. The van der Waals surface area contributed by atoms with Crippen LogP contribution >= 0.6 is 11.6 Å². The van der Waals surface area contributed by atoms with E-state index < -0.39 is 0 Å². The highest BCUT2D eigenvalue weighted by Crippen LogP contribution is 2.23. The van der Waals surface area contributed by atoms with Gasteiger partial charge in [0.05, 0.1) is 0 Å². The first-order valence-electron chi connectivity index (χ1n) is 6.62. The SMILES string of the molecule is CCCC(C)(CN)CN(C)Cc1ccc(Cl)cc1. The molecule has 3 heteroatoms. The molecule has 0 fully saturated rings. The molecule has 1 aromatic rings. The number of hydrogen-bond acceptors (Lipinski definition) is 2. The van der Waals surface area contributed by atoms with Gasteiger partial charge in [0.25, 0.3) is 0 Å². The van der Waals surface area contributed by atoms with Crippen molar-refractivity contribution in [3.05, 3.63) is 34.9 Å². The van der Waals surface area contributed by atoms with E-state index in [2.05, 4.69) is 37.9 Å². The Bertz CT molecular complexity index is 350. The van der Waals surface area contributed by atoms with Crippen LogP contribution in [0.5, 0.6) is 0 Å². The van der Waals surface area contributed by atoms with Gasteiger partial charge in [0.2, 0.25) is 0 Å². The maximum Gasteiger partial charge on any atom is 0.0406 e. The topological polar surface area (TPSA) is 29.3 Å². The van der Waals surface area contributed by atoms with Crippen molar-refractivity contribution in [3.8, 4) is 0 Å². The summed E-state index contributed by atoms with van der Waals surface area (Å²) in [6.07, 6.45) is 2.36. The van der Waals surface area contributed by atoms with E-state index in [4.69, 9.17) is 17.3 Å². The van der Waals surface area contributed by atoms with E-state index in [1.807, 2.05) is 12.1 Å². The molecule has 0 saturated carbocycles. The zero-order chi connectivity index (χ0) is 13.6. The van der Waals surface area contributed by atoms with Gasteiger partial charge in [-0.05, 0) is 43.1 Å². The van der Waals surface area contributed by atoms with Crippen LogP contribution < -0.4 is 5.73 Å². The van der Waals surface area contributed by atoms with Crippen LogP contribution in [0.1, 0.15) is 32.3 Å². The number of hydrogen-bond donors (Lipinski definition) is 1. The molecule has 1 atom stereocenters. The lowest BCUT2D eigenvalue weighted by molar-refractivity contribution is 0.179. The lowest BCUT2D eigenvalue weighted by atomic mass is 9.85. The van der Waals surface area contributed by atoms with Gasteiger partial charge in [-0.2, -0.15) is 0 Å². The fourth-order valence-electron chi connectivity index (χ4n) is 2.46. The first-order chi connectivity index (χ1) is 8.49. The fraction of sp³-hybridized carbons (Fsp3) is 0.600. The van der Waals surface area contributed by atoms with Crippen molar-refractivity contribution in [1.82, 2.24) is 4.90 Å². The van der Waals surface area contributed by atoms with E-state index in [0.29, 0.717) is 0 Å². The van der Waals surface area contributed by atoms with E-state index in [1.54, 1.807) is 0 Å². The zero-order valence-electron chi connectivity index (χ0n) is 11.7. The number of benzene rings is 1. The van der Waals surface area contributed by atoms with Crippen LogP contribution in [0.15, 0.2) is 24.3 Å². The number of halogens is 1. The molecule has 0 spiro atoms. The Morgan fingerprint density at radius 2 is 1.89 bits per heavy atom. The van der Waals surface area contributed by atoms with Crippen molar-refractivity contribution >= 4 is 11.6 Å². The van der Waals surface area contributed by atoms with E-state index in [-0.39, 0.29) is 5.41 Å². The van der Waals surface area contributed by atoms with Crippen LogP contribution in [0.4, 0.5) is 0 Å². The average Bonchev–Trinajstić information content (AvgIpc) is 2.32. The molecule has 0 aromatic heterocycles. The van der Waals surface area contributed by atoms with Gasteiger partial charge >= 0.3 is 0 Å². The van der Waals surface area contributed by atoms with Gasteiger partial charge in [0.1, 0.15) is 0 Å². The van der Waals surface area contributed by atoms with Gasteiger partial charge in [-0.3, -0.25) is 0 Å². The Morgan fingerprint density at radius 1 is 1.28 bits per heavy atom. The third-order valence-corrected chi connectivity index (χ3v) is 3.62. The highest BCUT2D eigenvalue weighted by Gasteiger charge is 2.23.